The Labute approximate surface area is 146 Å². The van der Waals surface area contributed by atoms with Crippen LogP contribution in [0.5, 0.6) is 5.75 Å². The van der Waals surface area contributed by atoms with E-state index < -0.39 is 0 Å². The zero-order valence-corrected chi connectivity index (χ0v) is 15.0. The summed E-state index contributed by atoms with van der Waals surface area (Å²) in [6.45, 7) is 6.25. The van der Waals surface area contributed by atoms with E-state index >= 15 is 0 Å². The molecule has 2 aromatic heterocycles. The lowest BCUT2D eigenvalue weighted by molar-refractivity contribution is -0.134. The van der Waals surface area contributed by atoms with Crippen LogP contribution < -0.4 is 10.3 Å². The van der Waals surface area contributed by atoms with E-state index in [9.17, 15) is 9.59 Å². The van der Waals surface area contributed by atoms with Crippen molar-refractivity contribution in [1.82, 2.24) is 19.4 Å². The Kier molecular flexibility index (Phi) is 4.57. The number of amides is 1. The highest BCUT2D eigenvalue weighted by Gasteiger charge is 2.28. The summed E-state index contributed by atoms with van der Waals surface area (Å²) in [6.07, 6.45) is 0.736. The summed E-state index contributed by atoms with van der Waals surface area (Å²) in [4.78, 5) is 35.2. The third-order valence-corrected chi connectivity index (χ3v) is 4.49. The van der Waals surface area contributed by atoms with Crippen LogP contribution in [0.4, 0.5) is 0 Å². The maximum absolute atomic E-state index is 12.5. The monoisotopic (exact) mass is 342 g/mol. The molecule has 0 bridgehead atoms. The molecule has 1 aliphatic heterocycles. The lowest BCUT2D eigenvalue weighted by Crippen LogP contribution is -2.31. The van der Waals surface area contributed by atoms with Gasteiger partial charge in [0.25, 0.3) is 11.5 Å². The summed E-state index contributed by atoms with van der Waals surface area (Å²) in [5.41, 5.74) is 2.94. The van der Waals surface area contributed by atoms with E-state index in [1.54, 1.807) is 18.9 Å². The minimum atomic E-state index is -0.166. The fraction of sp³-hybridized carbons (Fsp3) is 0.444. The highest BCUT2D eigenvalue weighted by Crippen LogP contribution is 2.20. The second-order valence-corrected chi connectivity index (χ2v) is 6.24. The highest BCUT2D eigenvalue weighted by atomic mass is 16.5. The van der Waals surface area contributed by atoms with Gasteiger partial charge in [-0.1, -0.05) is 6.92 Å². The van der Waals surface area contributed by atoms with E-state index in [2.05, 4.69) is 9.97 Å². The van der Waals surface area contributed by atoms with E-state index in [-0.39, 0.29) is 24.6 Å². The van der Waals surface area contributed by atoms with Gasteiger partial charge < -0.3 is 9.64 Å². The van der Waals surface area contributed by atoms with Gasteiger partial charge >= 0.3 is 0 Å². The Balaban J connectivity index is 1.70. The molecule has 3 rings (SSSR count). The van der Waals surface area contributed by atoms with Crippen LogP contribution in [0.25, 0.3) is 0 Å². The van der Waals surface area contributed by atoms with Crippen LogP contribution in [-0.4, -0.2) is 31.9 Å². The zero-order chi connectivity index (χ0) is 18.1. The van der Waals surface area contributed by atoms with Crippen LogP contribution in [0.15, 0.2) is 16.9 Å². The molecule has 132 valence electrons. The number of carbonyl (C=O) groups excluding carboxylic acids is 1. The maximum Gasteiger partial charge on any atom is 0.261 e. The van der Waals surface area contributed by atoms with Gasteiger partial charge in [-0.3, -0.25) is 19.1 Å². The summed E-state index contributed by atoms with van der Waals surface area (Å²) < 4.78 is 7.19. The first-order valence-corrected chi connectivity index (χ1v) is 8.33. The van der Waals surface area contributed by atoms with Crippen molar-refractivity contribution in [2.45, 2.75) is 40.3 Å². The second kappa shape index (κ2) is 6.66. The second-order valence-electron chi connectivity index (χ2n) is 6.24. The number of nitrogens with zero attached hydrogens (tertiary/aromatic N) is 4. The van der Waals surface area contributed by atoms with Crippen molar-refractivity contribution in [3.8, 4) is 5.75 Å². The van der Waals surface area contributed by atoms with Crippen LogP contribution in [-0.2, 0) is 31.4 Å². The Bertz CT molecular complexity index is 889. The summed E-state index contributed by atoms with van der Waals surface area (Å²) in [5.74, 6) is 1.11. The van der Waals surface area contributed by atoms with Crippen LogP contribution in [0.3, 0.4) is 0 Å². The topological polar surface area (TPSA) is 77.3 Å². The van der Waals surface area contributed by atoms with Crippen LogP contribution in [0, 0.1) is 13.8 Å². The largest absolute Gasteiger partial charge is 0.482 e. The van der Waals surface area contributed by atoms with Gasteiger partial charge in [0.05, 0.1) is 30.0 Å². The Morgan fingerprint density at radius 1 is 1.24 bits per heavy atom. The number of rotatable bonds is 4. The van der Waals surface area contributed by atoms with Crippen molar-refractivity contribution in [2.75, 3.05) is 6.61 Å². The summed E-state index contributed by atoms with van der Waals surface area (Å²) in [5, 5.41) is 0. The fourth-order valence-corrected chi connectivity index (χ4v) is 2.92. The van der Waals surface area contributed by atoms with Crippen molar-refractivity contribution in [2.24, 2.45) is 7.05 Å². The van der Waals surface area contributed by atoms with Crippen molar-refractivity contribution in [1.29, 1.82) is 0 Å². The Hall–Kier alpha value is -2.70. The van der Waals surface area contributed by atoms with Crippen molar-refractivity contribution < 1.29 is 9.53 Å². The highest BCUT2D eigenvalue weighted by molar-refractivity contribution is 5.78. The van der Waals surface area contributed by atoms with E-state index in [0.717, 1.165) is 17.8 Å². The van der Waals surface area contributed by atoms with E-state index in [0.29, 0.717) is 29.4 Å². The Morgan fingerprint density at radius 2 is 2.00 bits per heavy atom. The molecule has 0 fully saturated rings. The summed E-state index contributed by atoms with van der Waals surface area (Å²) >= 11 is 0. The van der Waals surface area contributed by atoms with Crippen LogP contribution in [0.1, 0.15) is 35.4 Å². The number of ether oxygens (including phenoxy) is 1. The molecule has 0 atom stereocenters. The predicted molar refractivity (Wildman–Crippen MR) is 92.3 cm³/mol. The third kappa shape index (κ3) is 3.26. The number of pyridine rings is 1. The first-order chi connectivity index (χ1) is 11.9. The lowest BCUT2D eigenvalue weighted by atomic mass is 10.2. The predicted octanol–water partition coefficient (Wildman–Crippen LogP) is 1.28. The van der Waals surface area contributed by atoms with Gasteiger partial charge in [0.15, 0.2) is 6.61 Å². The van der Waals surface area contributed by atoms with Crippen molar-refractivity contribution in [3.05, 3.63) is 51.0 Å². The molecule has 3 heterocycles. The molecule has 25 heavy (non-hydrogen) atoms. The Morgan fingerprint density at radius 3 is 2.72 bits per heavy atom. The molecule has 0 aliphatic carbocycles. The van der Waals surface area contributed by atoms with Crippen molar-refractivity contribution >= 4 is 5.91 Å². The van der Waals surface area contributed by atoms with Gasteiger partial charge in [-0.15, -0.1) is 0 Å². The fourth-order valence-electron chi connectivity index (χ4n) is 2.92. The molecule has 0 aromatic carbocycles. The number of fused-ring (bicyclic) bond motifs is 1. The normalized spacial score (nSPS) is 13.0. The van der Waals surface area contributed by atoms with Crippen LogP contribution in [0.2, 0.25) is 0 Å². The average Bonchev–Trinajstić information content (AvgIpc) is 3.02. The van der Waals surface area contributed by atoms with Gasteiger partial charge in [0, 0.05) is 12.7 Å². The van der Waals surface area contributed by atoms with Gasteiger partial charge in [-0.05, 0) is 32.4 Å². The molecule has 0 saturated carbocycles. The number of aryl methyl sites for hydroxylation is 3. The van der Waals surface area contributed by atoms with Gasteiger partial charge in [0.2, 0.25) is 0 Å². The molecule has 1 amide bonds. The molecule has 0 radical (unpaired) electrons. The standard InChI is InChI=1S/C18H22N4O3/c1-5-14-16(7-6-11(2)19-14)25-10-17(23)22-8-13-15(9-22)20-12(3)21(4)18(13)24/h6-7H,5,8-10H2,1-4H3. The van der Waals surface area contributed by atoms with Crippen LogP contribution >= 0.6 is 0 Å². The molecule has 0 unspecified atom stereocenters. The smallest absolute Gasteiger partial charge is 0.261 e. The van der Waals surface area contributed by atoms with E-state index in [1.807, 2.05) is 26.0 Å². The average molecular weight is 342 g/mol. The van der Waals surface area contributed by atoms with E-state index in [1.165, 1.54) is 4.57 Å². The zero-order valence-electron chi connectivity index (χ0n) is 15.0. The SMILES string of the molecule is CCc1nc(C)ccc1OCC(=O)N1Cc2nc(C)n(C)c(=O)c2C1. The lowest BCUT2D eigenvalue weighted by Gasteiger charge is -2.16. The minimum absolute atomic E-state index is 0.0783. The third-order valence-electron chi connectivity index (χ3n) is 4.49. The number of hydrogen-bond acceptors (Lipinski definition) is 5. The van der Waals surface area contributed by atoms with Gasteiger partial charge in [-0.25, -0.2) is 4.98 Å². The molecular weight excluding hydrogens is 320 g/mol. The van der Waals surface area contributed by atoms with Gasteiger partial charge in [0.1, 0.15) is 11.6 Å². The molecule has 1 aliphatic rings. The first-order valence-electron chi connectivity index (χ1n) is 8.33. The maximum atomic E-state index is 12.5. The first kappa shape index (κ1) is 17.1. The summed E-state index contributed by atoms with van der Waals surface area (Å²) in [7, 11) is 1.69. The quantitative estimate of drug-likeness (QED) is 0.836. The molecule has 0 saturated heterocycles. The molecule has 2 aromatic rings. The van der Waals surface area contributed by atoms with Gasteiger partial charge in [-0.2, -0.15) is 0 Å². The number of carbonyl (C=O) groups is 1. The molecule has 0 spiro atoms. The molecule has 0 N–H and O–H groups in total. The van der Waals surface area contributed by atoms with Crippen molar-refractivity contribution in [3.63, 3.8) is 0 Å². The molecular formula is C18H22N4O3. The van der Waals surface area contributed by atoms with E-state index in [4.69, 9.17) is 4.74 Å². The molecule has 7 heteroatoms. The number of hydrogen-bond donors (Lipinski definition) is 0. The minimum Gasteiger partial charge on any atom is -0.482 e. The number of aromatic nitrogens is 3. The summed E-state index contributed by atoms with van der Waals surface area (Å²) in [6, 6.07) is 3.70. The molecule has 7 nitrogen and oxygen atoms in total.